The summed E-state index contributed by atoms with van der Waals surface area (Å²) in [6.07, 6.45) is 1.49. The molecular formula is C13H10FN3OS. The molecule has 0 spiro atoms. The first-order valence-electron chi connectivity index (χ1n) is 5.39. The summed E-state index contributed by atoms with van der Waals surface area (Å²) < 4.78 is 13.7. The summed E-state index contributed by atoms with van der Waals surface area (Å²) in [5.41, 5.74) is 6.06. The number of benzene rings is 1. The summed E-state index contributed by atoms with van der Waals surface area (Å²) in [5, 5.41) is 2.43. The van der Waals surface area contributed by atoms with Crippen LogP contribution < -0.4 is 11.1 Å². The number of hydrogen-bond acceptors (Lipinski definition) is 3. The van der Waals surface area contributed by atoms with E-state index in [2.05, 4.69) is 10.3 Å². The fourth-order valence-corrected chi connectivity index (χ4v) is 1.58. The van der Waals surface area contributed by atoms with Gasteiger partial charge in [0.25, 0.3) is 5.91 Å². The van der Waals surface area contributed by atoms with Crippen LogP contribution >= 0.6 is 12.2 Å². The molecule has 4 nitrogen and oxygen atoms in total. The van der Waals surface area contributed by atoms with Gasteiger partial charge in [0.1, 0.15) is 16.5 Å². The Morgan fingerprint density at radius 3 is 2.68 bits per heavy atom. The van der Waals surface area contributed by atoms with Crippen molar-refractivity contribution in [3.05, 3.63) is 59.7 Å². The third-order valence-corrected chi connectivity index (χ3v) is 2.64. The maximum absolute atomic E-state index is 13.7. The molecule has 2 aromatic rings. The van der Waals surface area contributed by atoms with E-state index in [0.717, 1.165) is 0 Å². The normalized spacial score (nSPS) is 9.95. The van der Waals surface area contributed by atoms with Gasteiger partial charge in [-0.15, -0.1) is 0 Å². The first-order valence-corrected chi connectivity index (χ1v) is 5.80. The summed E-state index contributed by atoms with van der Waals surface area (Å²) in [4.78, 5) is 15.8. The molecule has 1 aromatic carbocycles. The molecule has 0 radical (unpaired) electrons. The van der Waals surface area contributed by atoms with Crippen molar-refractivity contribution in [1.82, 2.24) is 4.98 Å². The number of anilines is 1. The zero-order chi connectivity index (χ0) is 13.8. The van der Waals surface area contributed by atoms with E-state index in [-0.39, 0.29) is 16.4 Å². The van der Waals surface area contributed by atoms with E-state index in [1.807, 2.05) is 0 Å². The third-order valence-electron chi connectivity index (χ3n) is 2.40. The molecule has 0 bridgehead atoms. The predicted molar refractivity (Wildman–Crippen MR) is 74.5 cm³/mol. The average Bonchev–Trinajstić information content (AvgIpc) is 2.41. The first-order chi connectivity index (χ1) is 9.08. The number of pyridine rings is 1. The predicted octanol–water partition coefficient (Wildman–Crippen LogP) is 2.11. The van der Waals surface area contributed by atoms with Crippen LogP contribution in [0.2, 0.25) is 0 Å². The maximum atomic E-state index is 13.7. The first kappa shape index (κ1) is 13.1. The van der Waals surface area contributed by atoms with Gasteiger partial charge in [-0.05, 0) is 30.3 Å². The van der Waals surface area contributed by atoms with E-state index in [0.29, 0.717) is 5.56 Å². The number of carbonyl (C=O) groups excluding carboxylic acids is 1. The number of thiocarbonyl (C=S) groups is 1. The molecule has 2 rings (SSSR count). The number of nitrogens with two attached hydrogens (primary N) is 1. The van der Waals surface area contributed by atoms with Crippen LogP contribution in [0.25, 0.3) is 0 Å². The van der Waals surface area contributed by atoms with Crippen LogP contribution in [0.4, 0.5) is 10.1 Å². The van der Waals surface area contributed by atoms with Gasteiger partial charge in [0.2, 0.25) is 0 Å². The van der Waals surface area contributed by atoms with Crippen LogP contribution in [-0.2, 0) is 0 Å². The summed E-state index contributed by atoms with van der Waals surface area (Å²) >= 11 is 4.74. The highest BCUT2D eigenvalue weighted by atomic mass is 32.1. The second kappa shape index (κ2) is 5.53. The maximum Gasteiger partial charge on any atom is 0.274 e. The second-order valence-electron chi connectivity index (χ2n) is 3.73. The lowest BCUT2D eigenvalue weighted by molar-refractivity contribution is 0.102. The number of amides is 1. The lowest BCUT2D eigenvalue weighted by atomic mass is 10.2. The van der Waals surface area contributed by atoms with Gasteiger partial charge in [-0.1, -0.05) is 18.3 Å². The zero-order valence-electron chi connectivity index (χ0n) is 9.76. The van der Waals surface area contributed by atoms with Crippen molar-refractivity contribution in [3.63, 3.8) is 0 Å². The van der Waals surface area contributed by atoms with Crippen LogP contribution in [0.15, 0.2) is 42.6 Å². The Bertz CT molecular complexity index is 631. The fourth-order valence-electron chi connectivity index (χ4n) is 1.45. The Kier molecular flexibility index (Phi) is 3.82. The highest BCUT2D eigenvalue weighted by Gasteiger charge is 2.11. The topological polar surface area (TPSA) is 68.0 Å². The second-order valence-corrected chi connectivity index (χ2v) is 4.17. The smallest absolute Gasteiger partial charge is 0.274 e. The van der Waals surface area contributed by atoms with Crippen molar-refractivity contribution in [2.45, 2.75) is 0 Å². The molecule has 0 saturated carbocycles. The standard InChI is InChI=1S/C13H10FN3OS/c14-9-7-8(12(15)19)4-5-10(9)17-13(18)11-3-1-2-6-16-11/h1-7H,(H2,15,19)(H,17,18). The van der Waals surface area contributed by atoms with Crippen LogP contribution in [0.1, 0.15) is 16.1 Å². The van der Waals surface area contributed by atoms with Crippen LogP contribution in [0.3, 0.4) is 0 Å². The molecule has 0 saturated heterocycles. The van der Waals surface area contributed by atoms with E-state index in [1.54, 1.807) is 18.2 Å². The molecule has 1 aromatic heterocycles. The van der Waals surface area contributed by atoms with E-state index >= 15 is 0 Å². The largest absolute Gasteiger partial charge is 0.389 e. The molecule has 0 aliphatic rings. The summed E-state index contributed by atoms with van der Waals surface area (Å²) in [7, 11) is 0. The van der Waals surface area contributed by atoms with E-state index < -0.39 is 11.7 Å². The molecule has 1 heterocycles. The number of halogens is 1. The number of carbonyl (C=O) groups is 1. The van der Waals surface area contributed by atoms with Gasteiger partial charge in [0.05, 0.1) is 5.69 Å². The Morgan fingerprint density at radius 1 is 1.32 bits per heavy atom. The lowest BCUT2D eigenvalue weighted by Gasteiger charge is -2.07. The highest BCUT2D eigenvalue weighted by Crippen LogP contribution is 2.16. The Balaban J connectivity index is 2.20. The van der Waals surface area contributed by atoms with Gasteiger partial charge in [0, 0.05) is 11.8 Å². The molecule has 0 aliphatic carbocycles. The van der Waals surface area contributed by atoms with Gasteiger partial charge in [-0.25, -0.2) is 4.39 Å². The lowest BCUT2D eigenvalue weighted by Crippen LogP contribution is -2.15. The average molecular weight is 275 g/mol. The fraction of sp³-hybridized carbons (Fsp3) is 0. The van der Waals surface area contributed by atoms with E-state index in [4.69, 9.17) is 18.0 Å². The molecule has 6 heteroatoms. The van der Waals surface area contributed by atoms with Gasteiger partial charge in [-0.2, -0.15) is 0 Å². The summed E-state index contributed by atoms with van der Waals surface area (Å²) in [6.45, 7) is 0. The zero-order valence-corrected chi connectivity index (χ0v) is 10.6. The molecule has 19 heavy (non-hydrogen) atoms. The molecular weight excluding hydrogens is 265 g/mol. The SMILES string of the molecule is NC(=S)c1ccc(NC(=O)c2ccccn2)c(F)c1. The molecule has 1 amide bonds. The van der Waals surface area contributed by atoms with Crippen molar-refractivity contribution < 1.29 is 9.18 Å². The number of nitrogens with one attached hydrogen (secondary N) is 1. The molecule has 0 aliphatic heterocycles. The van der Waals surface area contributed by atoms with E-state index in [1.165, 1.54) is 24.4 Å². The summed E-state index contributed by atoms with van der Waals surface area (Å²) in [6, 6.07) is 9.03. The molecule has 3 N–H and O–H groups in total. The Morgan fingerprint density at radius 2 is 2.11 bits per heavy atom. The van der Waals surface area contributed by atoms with Gasteiger partial charge >= 0.3 is 0 Å². The minimum atomic E-state index is -0.602. The van der Waals surface area contributed by atoms with Gasteiger partial charge in [0.15, 0.2) is 0 Å². The Hall–Kier alpha value is -2.34. The van der Waals surface area contributed by atoms with Crippen LogP contribution in [0.5, 0.6) is 0 Å². The molecule has 0 fully saturated rings. The van der Waals surface area contributed by atoms with Gasteiger partial charge < -0.3 is 11.1 Å². The summed E-state index contributed by atoms with van der Waals surface area (Å²) in [5.74, 6) is -1.09. The number of hydrogen-bond donors (Lipinski definition) is 2. The Labute approximate surface area is 114 Å². The van der Waals surface area contributed by atoms with Gasteiger partial charge in [-0.3, -0.25) is 9.78 Å². The van der Waals surface area contributed by atoms with Crippen LogP contribution in [-0.4, -0.2) is 15.9 Å². The quantitative estimate of drug-likeness (QED) is 0.842. The van der Waals surface area contributed by atoms with Crippen molar-refractivity contribution in [2.75, 3.05) is 5.32 Å². The molecule has 0 unspecified atom stereocenters. The number of aromatic nitrogens is 1. The number of nitrogens with zero attached hydrogens (tertiary/aromatic N) is 1. The highest BCUT2D eigenvalue weighted by molar-refractivity contribution is 7.80. The monoisotopic (exact) mass is 275 g/mol. The van der Waals surface area contributed by atoms with Crippen molar-refractivity contribution >= 4 is 28.8 Å². The minimum Gasteiger partial charge on any atom is -0.389 e. The minimum absolute atomic E-state index is 0.0515. The van der Waals surface area contributed by atoms with E-state index in [9.17, 15) is 9.18 Å². The molecule has 96 valence electrons. The van der Waals surface area contributed by atoms with Crippen LogP contribution in [0, 0.1) is 5.82 Å². The third kappa shape index (κ3) is 3.11. The van der Waals surface area contributed by atoms with Crippen molar-refractivity contribution in [1.29, 1.82) is 0 Å². The molecule has 0 atom stereocenters. The van der Waals surface area contributed by atoms with Crippen molar-refractivity contribution in [2.24, 2.45) is 5.73 Å². The van der Waals surface area contributed by atoms with Crippen molar-refractivity contribution in [3.8, 4) is 0 Å². The number of rotatable bonds is 3.